The molecule has 27 heavy (non-hydrogen) atoms. The number of nitrogens with zero attached hydrogens (tertiary/aromatic N) is 2. The number of amides is 1. The second-order valence-electron chi connectivity index (χ2n) is 6.01. The Labute approximate surface area is 174 Å². The van der Waals surface area contributed by atoms with Crippen LogP contribution in [-0.4, -0.2) is 48.6 Å². The van der Waals surface area contributed by atoms with E-state index in [0.29, 0.717) is 24.6 Å². The number of hydrogen-bond acceptors (Lipinski definition) is 4. The molecule has 0 aliphatic carbocycles. The second-order valence-corrected chi connectivity index (χ2v) is 6.01. The fraction of sp³-hybridized carbons (Fsp3) is 0.500. The smallest absolute Gasteiger partial charge is 0.252 e. The SMILES string of the molecule is CCCCOc1cc(C(=O)NCCN(CC)CC)c2ccccc2n1.Cl.Cl. The number of likely N-dealkylation sites (N-methyl/N-ethyl adjacent to an activating group) is 1. The van der Waals surface area contributed by atoms with Crippen LogP contribution in [0.2, 0.25) is 0 Å². The number of hydrogen-bond donors (Lipinski definition) is 1. The Bertz CT molecular complexity index is 694. The molecule has 0 aliphatic rings. The van der Waals surface area contributed by atoms with Crippen molar-refractivity contribution in [1.29, 1.82) is 0 Å². The number of benzene rings is 1. The van der Waals surface area contributed by atoms with E-state index in [0.717, 1.165) is 43.4 Å². The summed E-state index contributed by atoms with van der Waals surface area (Å²) in [6, 6.07) is 9.44. The topological polar surface area (TPSA) is 54.5 Å². The van der Waals surface area contributed by atoms with Crippen LogP contribution in [0.3, 0.4) is 0 Å². The average molecular weight is 416 g/mol. The van der Waals surface area contributed by atoms with Gasteiger partial charge in [0.1, 0.15) is 0 Å². The number of aromatic nitrogens is 1. The summed E-state index contributed by atoms with van der Waals surface area (Å²) >= 11 is 0. The van der Waals surface area contributed by atoms with Crippen LogP contribution in [0.1, 0.15) is 44.0 Å². The van der Waals surface area contributed by atoms with Crippen LogP contribution >= 0.6 is 24.8 Å². The Balaban J connectivity index is 0.00000338. The Morgan fingerprint density at radius 2 is 1.85 bits per heavy atom. The predicted octanol–water partition coefficient (Wildman–Crippen LogP) is 4.33. The largest absolute Gasteiger partial charge is 0.478 e. The van der Waals surface area contributed by atoms with Crippen LogP contribution in [0, 0.1) is 0 Å². The molecule has 0 atom stereocenters. The number of rotatable bonds is 10. The second kappa shape index (κ2) is 13.6. The fourth-order valence-corrected chi connectivity index (χ4v) is 2.70. The van der Waals surface area contributed by atoms with Crippen LogP contribution < -0.4 is 10.1 Å². The van der Waals surface area contributed by atoms with Crippen molar-refractivity contribution in [2.45, 2.75) is 33.6 Å². The van der Waals surface area contributed by atoms with Gasteiger partial charge in [0.2, 0.25) is 5.88 Å². The summed E-state index contributed by atoms with van der Waals surface area (Å²) in [6.07, 6.45) is 2.03. The molecule has 0 radical (unpaired) electrons. The van der Waals surface area contributed by atoms with Crippen LogP contribution in [-0.2, 0) is 0 Å². The van der Waals surface area contributed by atoms with Crippen molar-refractivity contribution in [1.82, 2.24) is 15.2 Å². The van der Waals surface area contributed by atoms with Gasteiger partial charge in [-0.15, -0.1) is 24.8 Å². The lowest BCUT2D eigenvalue weighted by Crippen LogP contribution is -2.34. The average Bonchev–Trinajstić information content (AvgIpc) is 2.64. The first kappa shape index (κ1) is 25.4. The van der Waals surface area contributed by atoms with Gasteiger partial charge >= 0.3 is 0 Å². The maximum absolute atomic E-state index is 12.7. The Morgan fingerprint density at radius 1 is 1.15 bits per heavy atom. The molecule has 2 aromatic rings. The van der Waals surface area contributed by atoms with E-state index in [1.807, 2.05) is 24.3 Å². The van der Waals surface area contributed by atoms with Crippen LogP contribution in [0.5, 0.6) is 5.88 Å². The molecular weight excluding hydrogens is 385 g/mol. The first-order chi connectivity index (χ1) is 12.2. The van der Waals surface area contributed by atoms with E-state index in [1.165, 1.54) is 0 Å². The zero-order valence-electron chi connectivity index (χ0n) is 16.4. The molecule has 0 unspecified atom stereocenters. The Morgan fingerprint density at radius 3 is 2.52 bits per heavy atom. The molecule has 0 aliphatic heterocycles. The van der Waals surface area contributed by atoms with E-state index in [9.17, 15) is 4.79 Å². The number of pyridine rings is 1. The number of ether oxygens (including phenoxy) is 1. The van der Waals surface area contributed by atoms with E-state index in [4.69, 9.17) is 4.74 Å². The molecular formula is C20H31Cl2N3O2. The zero-order chi connectivity index (χ0) is 18.1. The third-order valence-electron chi connectivity index (χ3n) is 4.29. The molecule has 7 heteroatoms. The van der Waals surface area contributed by atoms with Gasteiger partial charge in [0.15, 0.2) is 0 Å². The summed E-state index contributed by atoms with van der Waals surface area (Å²) in [7, 11) is 0. The predicted molar refractivity (Wildman–Crippen MR) is 117 cm³/mol. The molecule has 0 bridgehead atoms. The molecule has 0 fully saturated rings. The quantitative estimate of drug-likeness (QED) is 0.586. The van der Waals surface area contributed by atoms with Crippen LogP contribution in [0.25, 0.3) is 10.9 Å². The lowest BCUT2D eigenvalue weighted by molar-refractivity contribution is 0.0950. The highest BCUT2D eigenvalue weighted by atomic mass is 35.5. The number of carbonyl (C=O) groups is 1. The van der Waals surface area contributed by atoms with Gasteiger partial charge in [-0.25, -0.2) is 4.98 Å². The van der Waals surface area contributed by atoms with Crippen LogP contribution in [0.4, 0.5) is 0 Å². The minimum Gasteiger partial charge on any atom is -0.478 e. The monoisotopic (exact) mass is 415 g/mol. The minimum atomic E-state index is -0.0777. The van der Waals surface area contributed by atoms with Crippen molar-refractivity contribution in [3.63, 3.8) is 0 Å². The third-order valence-corrected chi connectivity index (χ3v) is 4.29. The molecule has 0 saturated carbocycles. The van der Waals surface area contributed by atoms with E-state index in [1.54, 1.807) is 6.07 Å². The molecule has 1 heterocycles. The first-order valence-corrected chi connectivity index (χ1v) is 9.22. The van der Waals surface area contributed by atoms with Crippen molar-refractivity contribution >= 4 is 41.6 Å². The van der Waals surface area contributed by atoms with Crippen molar-refractivity contribution < 1.29 is 9.53 Å². The molecule has 1 aromatic heterocycles. The molecule has 2 rings (SSSR count). The molecule has 0 spiro atoms. The maximum Gasteiger partial charge on any atom is 0.252 e. The summed E-state index contributed by atoms with van der Waals surface area (Å²) in [5.41, 5.74) is 1.40. The molecule has 1 N–H and O–H groups in total. The molecule has 1 aromatic carbocycles. The number of unbranched alkanes of at least 4 members (excludes halogenated alkanes) is 1. The molecule has 152 valence electrons. The summed E-state index contributed by atoms with van der Waals surface area (Å²) in [6.45, 7) is 10.4. The normalized spacial score (nSPS) is 10.2. The number of para-hydroxylation sites is 1. The van der Waals surface area contributed by atoms with Gasteiger partial charge < -0.3 is 15.0 Å². The number of halogens is 2. The van der Waals surface area contributed by atoms with Gasteiger partial charge in [0.25, 0.3) is 5.91 Å². The van der Waals surface area contributed by atoms with Gasteiger partial charge in [-0.1, -0.05) is 45.4 Å². The summed E-state index contributed by atoms with van der Waals surface area (Å²) in [5, 5.41) is 3.87. The first-order valence-electron chi connectivity index (χ1n) is 9.22. The number of nitrogens with one attached hydrogen (secondary N) is 1. The third kappa shape index (κ3) is 7.53. The molecule has 5 nitrogen and oxygen atoms in total. The summed E-state index contributed by atoms with van der Waals surface area (Å²) in [5.74, 6) is 0.437. The Hall–Kier alpha value is -1.56. The van der Waals surface area contributed by atoms with E-state index in [-0.39, 0.29) is 30.7 Å². The van der Waals surface area contributed by atoms with Crippen molar-refractivity contribution in [3.8, 4) is 5.88 Å². The lowest BCUT2D eigenvalue weighted by Gasteiger charge is -2.18. The number of fused-ring (bicyclic) bond motifs is 1. The maximum atomic E-state index is 12.7. The van der Waals surface area contributed by atoms with Crippen LogP contribution in [0.15, 0.2) is 30.3 Å². The summed E-state index contributed by atoms with van der Waals surface area (Å²) < 4.78 is 5.72. The van der Waals surface area contributed by atoms with Gasteiger partial charge in [0.05, 0.1) is 17.7 Å². The zero-order valence-corrected chi connectivity index (χ0v) is 18.0. The molecule has 1 amide bonds. The van der Waals surface area contributed by atoms with Crippen molar-refractivity contribution in [3.05, 3.63) is 35.9 Å². The summed E-state index contributed by atoms with van der Waals surface area (Å²) in [4.78, 5) is 19.5. The van der Waals surface area contributed by atoms with Gasteiger partial charge in [-0.3, -0.25) is 4.79 Å². The van der Waals surface area contributed by atoms with Crippen molar-refractivity contribution in [2.24, 2.45) is 0 Å². The number of carbonyl (C=O) groups excluding carboxylic acids is 1. The highest BCUT2D eigenvalue weighted by Gasteiger charge is 2.13. The minimum absolute atomic E-state index is 0. The fourth-order valence-electron chi connectivity index (χ4n) is 2.70. The van der Waals surface area contributed by atoms with E-state index in [2.05, 4.69) is 36.0 Å². The van der Waals surface area contributed by atoms with Gasteiger partial charge in [-0.05, 0) is 25.6 Å². The van der Waals surface area contributed by atoms with E-state index < -0.39 is 0 Å². The Kier molecular flexibility index (Phi) is 12.8. The highest BCUT2D eigenvalue weighted by molar-refractivity contribution is 6.06. The molecule has 0 saturated heterocycles. The van der Waals surface area contributed by atoms with Gasteiger partial charge in [0, 0.05) is 24.5 Å². The van der Waals surface area contributed by atoms with Gasteiger partial charge in [-0.2, -0.15) is 0 Å². The lowest BCUT2D eigenvalue weighted by atomic mass is 10.1. The van der Waals surface area contributed by atoms with Crippen molar-refractivity contribution in [2.75, 3.05) is 32.8 Å². The standard InChI is InChI=1S/C20H29N3O2.2ClH/c1-4-7-14-25-19-15-17(16-10-8-9-11-18(16)22-19)20(24)21-12-13-23(5-2)6-3;;/h8-11,15H,4-7,12-14H2,1-3H3,(H,21,24);2*1H. The van der Waals surface area contributed by atoms with E-state index >= 15 is 0 Å². The highest BCUT2D eigenvalue weighted by Crippen LogP contribution is 2.22.